The molecule has 0 heterocycles. The Bertz CT molecular complexity index is 865. The summed E-state index contributed by atoms with van der Waals surface area (Å²) in [5, 5.41) is 2.34. The van der Waals surface area contributed by atoms with E-state index >= 15 is 0 Å². The largest absolute Gasteiger partial charge is 0.416 e. The molecule has 3 aromatic carbocycles. The van der Waals surface area contributed by atoms with Crippen molar-refractivity contribution >= 4 is 10.8 Å². The van der Waals surface area contributed by atoms with Crippen LogP contribution in [0.25, 0.3) is 10.8 Å². The summed E-state index contributed by atoms with van der Waals surface area (Å²) in [6, 6.07) is 20.0. The van der Waals surface area contributed by atoms with Gasteiger partial charge in [0.15, 0.2) is 0 Å². The van der Waals surface area contributed by atoms with Crippen LogP contribution in [0.15, 0.2) is 66.7 Å². The summed E-state index contributed by atoms with van der Waals surface area (Å²) in [6.07, 6.45) is -4.31. The van der Waals surface area contributed by atoms with E-state index in [0.717, 1.165) is 6.07 Å². The molecule has 0 spiro atoms. The van der Waals surface area contributed by atoms with Gasteiger partial charge in [-0.3, -0.25) is 4.90 Å². The molecule has 0 aliphatic rings. The number of hydrogen-bond donors (Lipinski definition) is 0. The van der Waals surface area contributed by atoms with E-state index in [0.29, 0.717) is 12.1 Å². The molecule has 25 heavy (non-hydrogen) atoms. The maximum absolute atomic E-state index is 12.9. The first-order valence-electron chi connectivity index (χ1n) is 8.20. The zero-order valence-electron chi connectivity index (χ0n) is 14.2. The predicted molar refractivity (Wildman–Crippen MR) is 95.3 cm³/mol. The highest BCUT2D eigenvalue weighted by Crippen LogP contribution is 2.31. The van der Waals surface area contributed by atoms with Crippen LogP contribution < -0.4 is 0 Å². The molecule has 0 fully saturated rings. The number of benzene rings is 3. The topological polar surface area (TPSA) is 3.24 Å². The zero-order valence-corrected chi connectivity index (χ0v) is 14.2. The second kappa shape index (κ2) is 6.89. The number of hydrogen-bond acceptors (Lipinski definition) is 1. The first-order chi connectivity index (χ1) is 11.9. The van der Waals surface area contributed by atoms with Gasteiger partial charge in [0, 0.05) is 12.6 Å². The fraction of sp³-hybridized carbons (Fsp3) is 0.238. The summed E-state index contributed by atoms with van der Waals surface area (Å²) in [5.41, 5.74) is 1.23. The number of alkyl halides is 3. The quantitative estimate of drug-likeness (QED) is 0.557. The normalized spacial score (nSPS) is 13.4. The van der Waals surface area contributed by atoms with Crippen molar-refractivity contribution in [2.75, 3.05) is 7.05 Å². The maximum Gasteiger partial charge on any atom is 0.416 e. The maximum atomic E-state index is 12.9. The minimum atomic E-state index is -4.31. The second-order valence-corrected chi connectivity index (χ2v) is 6.36. The molecule has 130 valence electrons. The summed E-state index contributed by atoms with van der Waals surface area (Å²) < 4.78 is 38.7. The fourth-order valence-corrected chi connectivity index (χ4v) is 3.12. The lowest BCUT2D eigenvalue weighted by Crippen LogP contribution is -2.22. The Morgan fingerprint density at radius 1 is 0.920 bits per heavy atom. The Morgan fingerprint density at radius 2 is 1.60 bits per heavy atom. The molecule has 1 nitrogen and oxygen atoms in total. The van der Waals surface area contributed by atoms with Crippen molar-refractivity contribution in [3.8, 4) is 0 Å². The lowest BCUT2D eigenvalue weighted by molar-refractivity contribution is -0.137. The summed E-state index contributed by atoms with van der Waals surface area (Å²) >= 11 is 0. The van der Waals surface area contributed by atoms with E-state index in [1.54, 1.807) is 6.07 Å². The van der Waals surface area contributed by atoms with Crippen LogP contribution in [0.3, 0.4) is 0 Å². The van der Waals surface area contributed by atoms with E-state index in [-0.39, 0.29) is 6.04 Å². The molecule has 0 aliphatic carbocycles. The van der Waals surface area contributed by atoms with Crippen LogP contribution >= 0.6 is 0 Å². The molecule has 0 saturated heterocycles. The first kappa shape index (κ1) is 17.5. The molecule has 0 aliphatic heterocycles. The van der Waals surface area contributed by atoms with Gasteiger partial charge in [0.1, 0.15) is 0 Å². The molecule has 3 rings (SSSR count). The molecule has 1 atom stereocenters. The number of rotatable bonds is 4. The Labute approximate surface area is 145 Å². The van der Waals surface area contributed by atoms with Crippen LogP contribution in [0, 0.1) is 0 Å². The number of nitrogens with zero attached hydrogens (tertiary/aromatic N) is 1. The van der Waals surface area contributed by atoms with Crippen LogP contribution in [-0.4, -0.2) is 11.9 Å². The van der Waals surface area contributed by atoms with Gasteiger partial charge in [0.2, 0.25) is 0 Å². The van der Waals surface area contributed by atoms with Gasteiger partial charge in [0.25, 0.3) is 0 Å². The van der Waals surface area contributed by atoms with Crippen molar-refractivity contribution in [2.45, 2.75) is 25.7 Å². The molecular formula is C21H20F3N. The third kappa shape index (κ3) is 3.85. The van der Waals surface area contributed by atoms with E-state index in [4.69, 9.17) is 0 Å². The third-order valence-electron chi connectivity index (χ3n) is 4.62. The van der Waals surface area contributed by atoms with E-state index in [2.05, 4.69) is 36.1 Å². The summed E-state index contributed by atoms with van der Waals surface area (Å²) in [4.78, 5) is 2.07. The molecular weight excluding hydrogens is 323 g/mol. The molecule has 4 heteroatoms. The minimum absolute atomic E-state index is 0.0839. The zero-order chi connectivity index (χ0) is 18.0. The minimum Gasteiger partial charge on any atom is -0.295 e. The Morgan fingerprint density at radius 3 is 2.36 bits per heavy atom. The van der Waals surface area contributed by atoms with Gasteiger partial charge >= 0.3 is 6.18 Å². The molecule has 0 saturated carbocycles. The number of halogens is 3. The molecule has 0 N–H and O–H groups in total. The molecule has 0 unspecified atom stereocenters. The van der Waals surface area contributed by atoms with Crippen LogP contribution in [0.2, 0.25) is 0 Å². The lowest BCUT2D eigenvalue weighted by Gasteiger charge is -2.26. The molecule has 0 amide bonds. The van der Waals surface area contributed by atoms with Crippen molar-refractivity contribution in [3.63, 3.8) is 0 Å². The van der Waals surface area contributed by atoms with Crippen LogP contribution in [0.1, 0.15) is 29.7 Å². The predicted octanol–water partition coefficient (Wildman–Crippen LogP) is 6.05. The van der Waals surface area contributed by atoms with Crippen molar-refractivity contribution in [2.24, 2.45) is 0 Å². The van der Waals surface area contributed by atoms with Crippen LogP contribution in [0.4, 0.5) is 13.2 Å². The summed E-state index contributed by atoms with van der Waals surface area (Å²) in [5.74, 6) is 0. The monoisotopic (exact) mass is 343 g/mol. The van der Waals surface area contributed by atoms with Crippen molar-refractivity contribution in [3.05, 3.63) is 83.4 Å². The average molecular weight is 343 g/mol. The van der Waals surface area contributed by atoms with E-state index in [1.807, 2.05) is 25.2 Å². The highest BCUT2D eigenvalue weighted by molar-refractivity contribution is 5.86. The highest BCUT2D eigenvalue weighted by atomic mass is 19.4. The van der Waals surface area contributed by atoms with Gasteiger partial charge in [-0.25, -0.2) is 0 Å². The second-order valence-electron chi connectivity index (χ2n) is 6.36. The number of fused-ring (bicyclic) bond motifs is 1. The Balaban J connectivity index is 1.84. The smallest absolute Gasteiger partial charge is 0.295 e. The fourth-order valence-electron chi connectivity index (χ4n) is 3.12. The van der Waals surface area contributed by atoms with Gasteiger partial charge < -0.3 is 0 Å². The molecule has 0 aromatic heterocycles. The molecule has 3 aromatic rings. The van der Waals surface area contributed by atoms with Gasteiger partial charge in [-0.15, -0.1) is 0 Å². The van der Waals surface area contributed by atoms with Crippen molar-refractivity contribution in [1.82, 2.24) is 4.90 Å². The van der Waals surface area contributed by atoms with Gasteiger partial charge in [-0.2, -0.15) is 13.2 Å². The van der Waals surface area contributed by atoms with Crippen LogP contribution in [-0.2, 0) is 12.7 Å². The van der Waals surface area contributed by atoms with Gasteiger partial charge in [-0.1, -0.05) is 60.7 Å². The lowest BCUT2D eigenvalue weighted by atomic mass is 9.98. The summed E-state index contributed by atoms with van der Waals surface area (Å²) in [6.45, 7) is 2.53. The first-order valence-corrected chi connectivity index (χ1v) is 8.20. The molecule has 0 radical (unpaired) electrons. The summed E-state index contributed by atoms with van der Waals surface area (Å²) in [7, 11) is 1.94. The van der Waals surface area contributed by atoms with Gasteiger partial charge in [-0.05, 0) is 41.9 Å². The Kier molecular flexibility index (Phi) is 4.82. The highest BCUT2D eigenvalue weighted by Gasteiger charge is 2.30. The van der Waals surface area contributed by atoms with E-state index in [9.17, 15) is 13.2 Å². The SMILES string of the molecule is C[C@H](c1cccc2ccccc12)N(C)Cc1cccc(C(F)(F)F)c1. The van der Waals surface area contributed by atoms with E-state index < -0.39 is 11.7 Å². The Hall–Kier alpha value is -2.33. The average Bonchev–Trinajstić information content (AvgIpc) is 2.60. The van der Waals surface area contributed by atoms with E-state index in [1.165, 1.54) is 28.5 Å². The van der Waals surface area contributed by atoms with Crippen molar-refractivity contribution < 1.29 is 13.2 Å². The standard InChI is InChI=1S/C21H20F3N/c1-15(19-12-6-9-17-8-3-4-11-20(17)19)25(2)14-16-7-5-10-18(13-16)21(22,23)24/h3-13,15H,14H2,1-2H3/t15-/m1/s1. The van der Waals surface area contributed by atoms with Crippen molar-refractivity contribution in [1.29, 1.82) is 0 Å². The van der Waals surface area contributed by atoms with Gasteiger partial charge in [0.05, 0.1) is 5.56 Å². The van der Waals surface area contributed by atoms with Crippen LogP contribution in [0.5, 0.6) is 0 Å². The molecule has 0 bridgehead atoms. The third-order valence-corrected chi connectivity index (χ3v) is 4.62.